The first kappa shape index (κ1) is 13.5. The minimum atomic E-state index is -4.44. The Kier molecular flexibility index (Phi) is 3.72. The summed E-state index contributed by atoms with van der Waals surface area (Å²) in [6.45, 7) is 1.98. The maximum Gasteiger partial charge on any atom is 0.417 e. The molecule has 0 radical (unpaired) electrons. The lowest BCUT2D eigenvalue weighted by molar-refractivity contribution is -0.137. The van der Waals surface area contributed by atoms with Gasteiger partial charge in [0.1, 0.15) is 0 Å². The zero-order valence-corrected chi connectivity index (χ0v) is 10.9. The number of pyridine rings is 1. The molecule has 0 N–H and O–H groups in total. The Hall–Kier alpha value is -0.950. The van der Waals surface area contributed by atoms with Crippen LogP contribution in [0, 0.1) is 0 Å². The van der Waals surface area contributed by atoms with E-state index in [0.717, 1.165) is 24.4 Å². The molecule has 0 fully saturated rings. The van der Waals surface area contributed by atoms with E-state index in [-0.39, 0.29) is 10.7 Å². The number of hydrogen-bond acceptors (Lipinski definition) is 3. The van der Waals surface area contributed by atoms with Crippen LogP contribution in [0.15, 0.2) is 17.4 Å². The molecule has 0 spiro atoms. The number of alkyl halides is 3. The largest absolute Gasteiger partial charge is 0.417 e. The van der Waals surface area contributed by atoms with E-state index in [1.54, 1.807) is 0 Å². The van der Waals surface area contributed by atoms with Gasteiger partial charge in [0.05, 0.1) is 10.6 Å². The fourth-order valence-electron chi connectivity index (χ4n) is 1.38. The third-order valence-corrected chi connectivity index (χ3v) is 3.62. The lowest BCUT2D eigenvalue weighted by Crippen LogP contribution is -2.07. The molecule has 0 aliphatic heterocycles. The molecule has 0 unspecified atom stereocenters. The molecule has 0 aromatic carbocycles. The van der Waals surface area contributed by atoms with Crippen molar-refractivity contribution in [2.75, 3.05) is 5.75 Å². The second-order valence-corrected chi connectivity index (χ2v) is 5.07. The predicted octanol–water partition coefficient (Wildman–Crippen LogP) is 3.90. The quantitative estimate of drug-likeness (QED) is 0.804. The van der Waals surface area contributed by atoms with E-state index < -0.39 is 11.7 Å². The van der Waals surface area contributed by atoms with E-state index in [9.17, 15) is 13.2 Å². The summed E-state index contributed by atoms with van der Waals surface area (Å²) < 4.78 is 39.3. The molecule has 2 aromatic rings. The number of aromatic nitrogens is 3. The van der Waals surface area contributed by atoms with Crippen LogP contribution in [0.1, 0.15) is 18.9 Å². The van der Waals surface area contributed by atoms with Gasteiger partial charge in [0.25, 0.3) is 0 Å². The Labute approximate surface area is 110 Å². The molecule has 18 heavy (non-hydrogen) atoms. The zero-order valence-electron chi connectivity index (χ0n) is 9.33. The summed E-state index contributed by atoms with van der Waals surface area (Å²) in [5.74, 6) is 0.759. The number of hydrogen-bond donors (Lipinski definition) is 0. The molecular weight excluding hydrogens is 287 g/mol. The topological polar surface area (TPSA) is 30.2 Å². The van der Waals surface area contributed by atoms with E-state index in [1.165, 1.54) is 16.2 Å². The van der Waals surface area contributed by atoms with E-state index in [4.69, 9.17) is 11.6 Å². The SMILES string of the molecule is CCCSc1nnc2c(Cl)cc(C(F)(F)F)cn12. The lowest BCUT2D eigenvalue weighted by atomic mass is 10.3. The van der Waals surface area contributed by atoms with Gasteiger partial charge in [-0.2, -0.15) is 13.2 Å². The predicted molar refractivity (Wildman–Crippen MR) is 64.0 cm³/mol. The molecule has 2 aromatic heterocycles. The molecule has 0 aliphatic carbocycles. The highest BCUT2D eigenvalue weighted by atomic mass is 35.5. The molecule has 98 valence electrons. The van der Waals surface area contributed by atoms with Gasteiger partial charge in [-0.05, 0) is 12.5 Å². The number of halogens is 4. The van der Waals surface area contributed by atoms with Crippen molar-refractivity contribution >= 4 is 29.0 Å². The van der Waals surface area contributed by atoms with E-state index in [2.05, 4.69) is 10.2 Å². The minimum absolute atomic E-state index is 0.0549. The first-order chi connectivity index (χ1) is 8.43. The van der Waals surface area contributed by atoms with Crippen molar-refractivity contribution < 1.29 is 13.2 Å². The standard InChI is InChI=1S/C10H9ClF3N3S/c1-2-3-18-9-16-15-8-7(11)4-6(5-17(8)9)10(12,13)14/h4-5H,2-3H2,1H3. The molecule has 0 saturated heterocycles. The third-order valence-electron chi connectivity index (χ3n) is 2.19. The average molecular weight is 296 g/mol. The highest BCUT2D eigenvalue weighted by molar-refractivity contribution is 7.99. The van der Waals surface area contributed by atoms with Crippen LogP contribution in [0.25, 0.3) is 5.65 Å². The van der Waals surface area contributed by atoms with Crippen molar-refractivity contribution in [3.05, 3.63) is 22.8 Å². The van der Waals surface area contributed by atoms with Crippen LogP contribution in [0.5, 0.6) is 0 Å². The summed E-state index contributed by atoms with van der Waals surface area (Å²) in [5.41, 5.74) is -0.568. The Bertz CT molecular complexity index is 567. The Balaban J connectivity index is 2.54. The molecule has 0 bridgehead atoms. The van der Waals surface area contributed by atoms with Crippen LogP contribution in [0.4, 0.5) is 13.2 Å². The van der Waals surface area contributed by atoms with Gasteiger partial charge in [-0.15, -0.1) is 10.2 Å². The first-order valence-electron chi connectivity index (χ1n) is 5.17. The highest BCUT2D eigenvalue weighted by Gasteiger charge is 2.32. The fourth-order valence-corrected chi connectivity index (χ4v) is 2.39. The van der Waals surface area contributed by atoms with Gasteiger partial charge in [-0.3, -0.25) is 4.40 Å². The smallest absolute Gasteiger partial charge is 0.276 e. The Morgan fingerprint density at radius 1 is 1.39 bits per heavy atom. The molecule has 0 aliphatic rings. The summed E-state index contributed by atoms with van der Waals surface area (Å²) in [6, 6.07) is 0.861. The second kappa shape index (κ2) is 4.97. The molecule has 0 atom stereocenters. The van der Waals surface area contributed by atoms with Crippen LogP contribution in [-0.2, 0) is 6.18 Å². The van der Waals surface area contributed by atoms with E-state index in [1.807, 2.05) is 6.92 Å². The van der Waals surface area contributed by atoms with Crippen LogP contribution >= 0.6 is 23.4 Å². The molecule has 2 heterocycles. The van der Waals surface area contributed by atoms with Crippen molar-refractivity contribution in [3.63, 3.8) is 0 Å². The van der Waals surface area contributed by atoms with Crippen LogP contribution in [0.2, 0.25) is 5.02 Å². The molecule has 8 heteroatoms. The van der Waals surface area contributed by atoms with E-state index >= 15 is 0 Å². The van der Waals surface area contributed by atoms with Crippen molar-refractivity contribution in [2.45, 2.75) is 24.7 Å². The van der Waals surface area contributed by atoms with Crippen LogP contribution < -0.4 is 0 Å². The molecular formula is C10H9ClF3N3S. The molecule has 3 nitrogen and oxygen atoms in total. The molecule has 0 amide bonds. The van der Waals surface area contributed by atoms with Crippen molar-refractivity contribution in [1.29, 1.82) is 0 Å². The summed E-state index contributed by atoms with van der Waals surface area (Å²) >= 11 is 7.13. The van der Waals surface area contributed by atoms with Gasteiger partial charge >= 0.3 is 6.18 Å². The monoisotopic (exact) mass is 295 g/mol. The number of fused-ring (bicyclic) bond motifs is 1. The van der Waals surface area contributed by atoms with Crippen molar-refractivity contribution in [3.8, 4) is 0 Å². The Morgan fingerprint density at radius 3 is 2.72 bits per heavy atom. The van der Waals surface area contributed by atoms with Gasteiger partial charge in [-0.25, -0.2) is 0 Å². The first-order valence-corrected chi connectivity index (χ1v) is 6.54. The number of nitrogens with zero attached hydrogens (tertiary/aromatic N) is 3. The zero-order chi connectivity index (χ0) is 13.3. The molecule has 0 saturated carbocycles. The normalized spacial score (nSPS) is 12.3. The van der Waals surface area contributed by atoms with Gasteiger partial charge in [0, 0.05) is 11.9 Å². The lowest BCUT2D eigenvalue weighted by Gasteiger charge is -2.08. The van der Waals surface area contributed by atoms with E-state index in [0.29, 0.717) is 5.16 Å². The maximum atomic E-state index is 12.7. The average Bonchev–Trinajstić information content (AvgIpc) is 2.69. The highest BCUT2D eigenvalue weighted by Crippen LogP contribution is 2.33. The van der Waals surface area contributed by atoms with Gasteiger partial charge in [0.2, 0.25) is 0 Å². The summed E-state index contributed by atoms with van der Waals surface area (Å²) in [4.78, 5) is 0. The summed E-state index contributed by atoms with van der Waals surface area (Å²) in [7, 11) is 0. The fraction of sp³-hybridized carbons (Fsp3) is 0.400. The number of rotatable bonds is 3. The van der Waals surface area contributed by atoms with Crippen LogP contribution in [-0.4, -0.2) is 20.4 Å². The molecule has 2 rings (SSSR count). The van der Waals surface area contributed by atoms with Gasteiger partial charge in [0.15, 0.2) is 10.8 Å². The van der Waals surface area contributed by atoms with Gasteiger partial charge < -0.3 is 0 Å². The van der Waals surface area contributed by atoms with Crippen molar-refractivity contribution in [2.24, 2.45) is 0 Å². The summed E-state index contributed by atoms with van der Waals surface area (Å²) in [5, 5.41) is 7.99. The maximum absolute atomic E-state index is 12.7. The third kappa shape index (κ3) is 2.56. The Morgan fingerprint density at radius 2 is 2.11 bits per heavy atom. The van der Waals surface area contributed by atoms with Crippen LogP contribution in [0.3, 0.4) is 0 Å². The second-order valence-electron chi connectivity index (χ2n) is 3.60. The number of thioether (sulfide) groups is 1. The van der Waals surface area contributed by atoms with Crippen molar-refractivity contribution in [1.82, 2.24) is 14.6 Å². The van der Waals surface area contributed by atoms with Gasteiger partial charge in [-0.1, -0.05) is 30.3 Å². The minimum Gasteiger partial charge on any atom is -0.276 e. The summed E-state index contributed by atoms with van der Waals surface area (Å²) in [6.07, 6.45) is -2.57.